The zero-order valence-electron chi connectivity index (χ0n) is 13.7. The zero-order valence-corrected chi connectivity index (χ0v) is 13.7. The average Bonchev–Trinajstić information content (AvgIpc) is 2.41. The van der Waals surface area contributed by atoms with E-state index in [1.165, 1.54) is 0 Å². The second-order valence-electron chi connectivity index (χ2n) is 7.07. The predicted octanol–water partition coefficient (Wildman–Crippen LogP) is 0.918. The molecule has 0 aromatic carbocycles. The molecule has 1 atom stereocenters. The van der Waals surface area contributed by atoms with E-state index in [0.29, 0.717) is 25.6 Å². The Balaban J connectivity index is 2.44. The second kappa shape index (κ2) is 7.64. The number of hydrogen-bond acceptors (Lipinski definition) is 3. The fourth-order valence-electron chi connectivity index (χ4n) is 2.24. The minimum absolute atomic E-state index is 0.00474. The molecule has 1 unspecified atom stereocenters. The highest BCUT2D eigenvalue weighted by molar-refractivity contribution is 5.80. The van der Waals surface area contributed by atoms with Gasteiger partial charge in [0, 0.05) is 31.7 Å². The lowest BCUT2D eigenvalue weighted by Gasteiger charge is -2.32. The summed E-state index contributed by atoms with van der Waals surface area (Å²) in [6.45, 7) is 10.2. The van der Waals surface area contributed by atoms with Crippen molar-refractivity contribution in [1.82, 2.24) is 15.5 Å². The van der Waals surface area contributed by atoms with Crippen LogP contribution in [0, 0.1) is 11.8 Å². The largest absolute Gasteiger partial charge is 0.354 e. The third-order valence-corrected chi connectivity index (χ3v) is 3.46. The Kier molecular flexibility index (Phi) is 6.45. The summed E-state index contributed by atoms with van der Waals surface area (Å²) in [5.41, 5.74) is 5.45. The fraction of sp³-hybridized carbons (Fsp3) is 0.867. The summed E-state index contributed by atoms with van der Waals surface area (Å²) in [5.74, 6) is 0.283. The Morgan fingerprint density at radius 1 is 1.33 bits per heavy atom. The van der Waals surface area contributed by atoms with Crippen LogP contribution in [0.3, 0.4) is 0 Å². The Morgan fingerprint density at radius 2 is 2.00 bits per heavy atom. The maximum absolute atomic E-state index is 12.2. The molecular weight excluding hydrogens is 268 g/mol. The van der Waals surface area contributed by atoms with Crippen LogP contribution in [0.5, 0.6) is 0 Å². The number of likely N-dealkylation sites (tertiary alicyclic amines) is 1. The second-order valence-corrected chi connectivity index (χ2v) is 7.07. The van der Waals surface area contributed by atoms with Crippen molar-refractivity contribution in [3.05, 3.63) is 0 Å². The number of carbonyl (C=O) groups excluding carboxylic acids is 2. The lowest BCUT2D eigenvalue weighted by atomic mass is 9.97. The third-order valence-electron chi connectivity index (χ3n) is 3.46. The number of hydrogen-bond donors (Lipinski definition) is 3. The molecule has 0 aliphatic carbocycles. The van der Waals surface area contributed by atoms with Crippen molar-refractivity contribution < 1.29 is 9.59 Å². The van der Waals surface area contributed by atoms with Crippen molar-refractivity contribution in [2.24, 2.45) is 17.6 Å². The number of nitrogens with one attached hydrogen (secondary N) is 2. The van der Waals surface area contributed by atoms with Gasteiger partial charge in [-0.2, -0.15) is 0 Å². The normalized spacial score (nSPS) is 19.5. The third kappa shape index (κ3) is 6.80. The molecule has 1 rings (SSSR count). The van der Waals surface area contributed by atoms with Crippen molar-refractivity contribution in [3.8, 4) is 0 Å². The first kappa shape index (κ1) is 17.8. The topological polar surface area (TPSA) is 87.5 Å². The molecule has 0 bridgehead atoms. The van der Waals surface area contributed by atoms with Gasteiger partial charge < -0.3 is 21.3 Å². The predicted molar refractivity (Wildman–Crippen MR) is 83.8 cm³/mol. The van der Waals surface area contributed by atoms with Gasteiger partial charge in [0.25, 0.3) is 0 Å². The molecule has 0 saturated carbocycles. The monoisotopic (exact) mass is 298 g/mol. The van der Waals surface area contributed by atoms with Crippen LogP contribution in [0.1, 0.15) is 40.5 Å². The first-order valence-electron chi connectivity index (χ1n) is 7.78. The lowest BCUT2D eigenvalue weighted by Crippen LogP contribution is -2.51. The number of rotatable bonds is 5. The van der Waals surface area contributed by atoms with Crippen molar-refractivity contribution in [1.29, 1.82) is 0 Å². The van der Waals surface area contributed by atoms with E-state index in [9.17, 15) is 9.59 Å². The van der Waals surface area contributed by atoms with Crippen LogP contribution >= 0.6 is 0 Å². The first-order chi connectivity index (χ1) is 9.69. The van der Waals surface area contributed by atoms with E-state index >= 15 is 0 Å². The molecule has 0 spiro atoms. The van der Waals surface area contributed by atoms with Gasteiger partial charge in [0.2, 0.25) is 5.91 Å². The van der Waals surface area contributed by atoms with Crippen molar-refractivity contribution in [2.75, 3.05) is 26.2 Å². The Bertz CT molecular complexity index is 363. The maximum atomic E-state index is 12.2. The minimum atomic E-state index is -0.418. The molecule has 0 aromatic heterocycles. The van der Waals surface area contributed by atoms with Crippen molar-refractivity contribution in [2.45, 2.75) is 46.1 Å². The van der Waals surface area contributed by atoms with Crippen LogP contribution in [0.15, 0.2) is 0 Å². The SMILES string of the molecule is CC(C)CNC(=O)N1CCCC(C(=O)NCC(C)(C)N)C1. The summed E-state index contributed by atoms with van der Waals surface area (Å²) >= 11 is 0. The number of amides is 3. The molecule has 1 aliphatic rings. The summed E-state index contributed by atoms with van der Waals surface area (Å²) in [4.78, 5) is 25.9. The fourth-order valence-corrected chi connectivity index (χ4v) is 2.24. The summed E-state index contributed by atoms with van der Waals surface area (Å²) < 4.78 is 0. The summed E-state index contributed by atoms with van der Waals surface area (Å²) in [6, 6.07) is -0.0691. The summed E-state index contributed by atoms with van der Waals surface area (Å²) in [7, 11) is 0. The molecule has 0 radical (unpaired) electrons. The molecule has 3 amide bonds. The van der Waals surface area contributed by atoms with Gasteiger partial charge >= 0.3 is 6.03 Å². The number of nitrogens with two attached hydrogens (primary N) is 1. The Labute approximate surface area is 127 Å². The van der Waals surface area contributed by atoms with E-state index < -0.39 is 5.54 Å². The van der Waals surface area contributed by atoms with Gasteiger partial charge in [-0.05, 0) is 32.6 Å². The van der Waals surface area contributed by atoms with Gasteiger partial charge in [0.05, 0.1) is 5.92 Å². The average molecular weight is 298 g/mol. The number of piperidine rings is 1. The number of urea groups is 1. The van der Waals surface area contributed by atoms with Crippen LogP contribution in [-0.2, 0) is 4.79 Å². The highest BCUT2D eigenvalue weighted by atomic mass is 16.2. The van der Waals surface area contributed by atoms with Crippen LogP contribution < -0.4 is 16.4 Å². The molecule has 21 heavy (non-hydrogen) atoms. The van der Waals surface area contributed by atoms with Crippen molar-refractivity contribution in [3.63, 3.8) is 0 Å². The lowest BCUT2D eigenvalue weighted by molar-refractivity contribution is -0.126. The molecule has 1 fully saturated rings. The summed E-state index contributed by atoms with van der Waals surface area (Å²) in [6.07, 6.45) is 1.68. The van der Waals surface area contributed by atoms with E-state index in [0.717, 1.165) is 19.4 Å². The van der Waals surface area contributed by atoms with Crippen LogP contribution in [-0.4, -0.2) is 48.6 Å². The van der Waals surface area contributed by atoms with Crippen LogP contribution in [0.25, 0.3) is 0 Å². The minimum Gasteiger partial charge on any atom is -0.354 e. The molecule has 6 heteroatoms. The maximum Gasteiger partial charge on any atom is 0.317 e. The quantitative estimate of drug-likeness (QED) is 0.705. The molecule has 4 N–H and O–H groups in total. The highest BCUT2D eigenvalue weighted by Crippen LogP contribution is 2.17. The highest BCUT2D eigenvalue weighted by Gasteiger charge is 2.28. The molecule has 1 heterocycles. The van der Waals surface area contributed by atoms with Crippen LogP contribution in [0.2, 0.25) is 0 Å². The standard InChI is InChI=1S/C15H30N4O2/c1-11(2)8-17-14(21)19-7-5-6-12(9-19)13(20)18-10-15(3,4)16/h11-12H,5-10,16H2,1-4H3,(H,17,21)(H,18,20). The summed E-state index contributed by atoms with van der Waals surface area (Å²) in [5, 5.41) is 5.78. The molecule has 1 aliphatic heterocycles. The molecule has 0 aromatic rings. The van der Waals surface area contributed by atoms with E-state index in [1.54, 1.807) is 4.90 Å². The van der Waals surface area contributed by atoms with Gasteiger partial charge in [-0.25, -0.2) is 4.79 Å². The van der Waals surface area contributed by atoms with E-state index in [-0.39, 0.29) is 17.9 Å². The first-order valence-corrected chi connectivity index (χ1v) is 7.78. The van der Waals surface area contributed by atoms with E-state index in [1.807, 2.05) is 13.8 Å². The Hall–Kier alpha value is -1.30. The van der Waals surface area contributed by atoms with Gasteiger partial charge in [-0.1, -0.05) is 13.8 Å². The van der Waals surface area contributed by atoms with E-state index in [2.05, 4.69) is 24.5 Å². The Morgan fingerprint density at radius 3 is 2.57 bits per heavy atom. The van der Waals surface area contributed by atoms with E-state index in [4.69, 9.17) is 5.73 Å². The smallest absolute Gasteiger partial charge is 0.317 e. The number of carbonyl (C=O) groups is 2. The van der Waals surface area contributed by atoms with Crippen molar-refractivity contribution >= 4 is 11.9 Å². The van der Waals surface area contributed by atoms with Gasteiger partial charge in [0.15, 0.2) is 0 Å². The van der Waals surface area contributed by atoms with Gasteiger partial charge in [0.1, 0.15) is 0 Å². The zero-order chi connectivity index (χ0) is 16.0. The molecule has 1 saturated heterocycles. The molecular formula is C15H30N4O2. The molecule has 122 valence electrons. The van der Waals surface area contributed by atoms with Gasteiger partial charge in [-0.3, -0.25) is 4.79 Å². The van der Waals surface area contributed by atoms with Gasteiger partial charge in [-0.15, -0.1) is 0 Å². The molecule has 6 nitrogen and oxygen atoms in total. The number of nitrogens with zero attached hydrogens (tertiary/aromatic N) is 1. The van der Waals surface area contributed by atoms with Crippen LogP contribution in [0.4, 0.5) is 4.79 Å².